The Morgan fingerprint density at radius 3 is 2.00 bits per heavy atom. The van der Waals surface area contributed by atoms with Crippen LogP contribution in [0, 0.1) is 18.6 Å². The summed E-state index contributed by atoms with van der Waals surface area (Å²) in [5.41, 5.74) is 3.24. The van der Waals surface area contributed by atoms with Crippen molar-refractivity contribution < 1.29 is 37.4 Å². The first-order chi connectivity index (χ1) is 20.7. The quantitative estimate of drug-likeness (QED) is 0.282. The van der Waals surface area contributed by atoms with E-state index in [-0.39, 0.29) is 38.7 Å². The fourth-order valence-electron chi connectivity index (χ4n) is 4.93. The molecule has 0 radical (unpaired) electrons. The summed E-state index contributed by atoms with van der Waals surface area (Å²) < 4.78 is 44.7. The highest BCUT2D eigenvalue weighted by atomic mass is 19.1. The van der Waals surface area contributed by atoms with Crippen LogP contribution in [0.25, 0.3) is 6.08 Å². The number of aryl methyl sites for hydroxylation is 1. The lowest BCUT2D eigenvalue weighted by Crippen LogP contribution is -2.66. The van der Waals surface area contributed by atoms with Gasteiger partial charge in [-0.1, -0.05) is 54.1 Å². The van der Waals surface area contributed by atoms with Crippen molar-refractivity contribution in [1.82, 2.24) is 9.80 Å². The number of benzene rings is 3. The van der Waals surface area contributed by atoms with Gasteiger partial charge in [0, 0.05) is 37.9 Å². The van der Waals surface area contributed by atoms with Gasteiger partial charge in [-0.2, -0.15) is 0 Å². The molecular weight excluding hydrogens is 558 g/mol. The number of nitrogens with zero attached hydrogens (tertiary/aromatic N) is 2. The minimum absolute atomic E-state index is 0.0605. The van der Waals surface area contributed by atoms with E-state index in [1.54, 1.807) is 35.2 Å². The molecule has 2 heterocycles. The molecule has 5 rings (SSSR count). The molecule has 0 aromatic heterocycles. The zero-order valence-electron chi connectivity index (χ0n) is 23.5. The monoisotopic (exact) mass is 588 g/mol. The Kier molecular flexibility index (Phi) is 9.08. The average molecular weight is 589 g/mol. The normalized spacial score (nSPS) is 16.9. The lowest BCUT2D eigenvalue weighted by atomic mass is 10.0. The van der Waals surface area contributed by atoms with Crippen molar-refractivity contribution in [3.8, 4) is 0 Å². The number of hydrogen-bond donors (Lipinski definition) is 0. The fourth-order valence-corrected chi connectivity index (χ4v) is 4.93. The number of rotatable bonds is 8. The van der Waals surface area contributed by atoms with Crippen LogP contribution in [0.5, 0.6) is 0 Å². The Labute approximate surface area is 247 Å². The molecule has 3 aromatic rings. The standard InChI is InChI=1S/C33H30F2N2O6/c1-23-2-4-24(5-3-23)6-15-29(38)36-18-19-37(33(22-36)42-30(39)16-17-31(40)43-33)20-21-41-32(25-7-11-27(34)12-8-25)26-9-13-28(35)14-10-26/h2-17,32H,18-22H2,1H3/b15-6+. The van der Waals surface area contributed by atoms with Crippen molar-refractivity contribution in [1.29, 1.82) is 0 Å². The zero-order valence-corrected chi connectivity index (χ0v) is 23.5. The summed E-state index contributed by atoms with van der Waals surface area (Å²) in [6.45, 7) is 2.42. The number of hydrogen-bond acceptors (Lipinski definition) is 7. The second kappa shape index (κ2) is 13.1. The molecule has 1 fully saturated rings. The minimum atomic E-state index is -1.88. The van der Waals surface area contributed by atoms with E-state index in [9.17, 15) is 23.2 Å². The van der Waals surface area contributed by atoms with Gasteiger partial charge in [-0.25, -0.2) is 23.3 Å². The Morgan fingerprint density at radius 1 is 0.884 bits per heavy atom. The summed E-state index contributed by atoms with van der Waals surface area (Å²) in [6, 6.07) is 19.2. The van der Waals surface area contributed by atoms with E-state index in [1.165, 1.54) is 35.2 Å². The Bertz CT molecular complexity index is 1450. The molecule has 8 nitrogen and oxygen atoms in total. The third-order valence-electron chi connectivity index (χ3n) is 7.19. The van der Waals surface area contributed by atoms with E-state index >= 15 is 0 Å². The second-order valence-corrected chi connectivity index (χ2v) is 10.2. The van der Waals surface area contributed by atoms with Crippen LogP contribution >= 0.6 is 0 Å². The van der Waals surface area contributed by atoms with E-state index < -0.39 is 35.6 Å². The number of piperazine rings is 1. The molecular formula is C33H30F2N2O6. The highest BCUT2D eigenvalue weighted by molar-refractivity contribution is 5.94. The number of halogens is 2. The number of amides is 1. The molecule has 3 aromatic carbocycles. The zero-order chi connectivity index (χ0) is 30.4. The molecule has 1 spiro atoms. The third-order valence-corrected chi connectivity index (χ3v) is 7.19. The Hall–Kier alpha value is -4.67. The molecule has 0 N–H and O–H groups in total. The minimum Gasteiger partial charge on any atom is -0.403 e. The van der Waals surface area contributed by atoms with E-state index in [2.05, 4.69) is 0 Å². The Morgan fingerprint density at radius 2 is 1.44 bits per heavy atom. The summed E-state index contributed by atoms with van der Waals surface area (Å²) in [4.78, 5) is 41.2. The van der Waals surface area contributed by atoms with Gasteiger partial charge in [-0.3, -0.25) is 4.79 Å². The van der Waals surface area contributed by atoms with Crippen molar-refractivity contribution >= 4 is 23.9 Å². The molecule has 222 valence electrons. The molecule has 1 amide bonds. The van der Waals surface area contributed by atoms with Crippen LogP contribution in [0.2, 0.25) is 0 Å². The maximum atomic E-state index is 13.6. The third kappa shape index (κ3) is 7.40. The van der Waals surface area contributed by atoms with Crippen molar-refractivity contribution in [3.63, 3.8) is 0 Å². The van der Waals surface area contributed by atoms with Crippen LogP contribution < -0.4 is 0 Å². The maximum Gasteiger partial charge on any atom is 0.339 e. The molecule has 0 bridgehead atoms. The van der Waals surface area contributed by atoms with Crippen LogP contribution in [-0.2, 0) is 28.6 Å². The summed E-state index contributed by atoms with van der Waals surface area (Å²) in [5, 5.41) is 0. The van der Waals surface area contributed by atoms with Crippen molar-refractivity contribution in [2.75, 3.05) is 32.8 Å². The molecule has 1 saturated heterocycles. The molecule has 0 atom stereocenters. The number of carbonyl (C=O) groups is 3. The molecule has 0 aliphatic carbocycles. The summed E-state index contributed by atoms with van der Waals surface area (Å²) in [5.74, 6) is -4.62. The van der Waals surface area contributed by atoms with Gasteiger partial charge in [0.05, 0.1) is 6.61 Å². The number of carbonyl (C=O) groups excluding carboxylic acids is 3. The number of esters is 2. The number of ether oxygens (including phenoxy) is 3. The lowest BCUT2D eigenvalue weighted by Gasteiger charge is -2.47. The van der Waals surface area contributed by atoms with Crippen LogP contribution in [0.3, 0.4) is 0 Å². The van der Waals surface area contributed by atoms with E-state index in [0.717, 1.165) is 23.3 Å². The first kappa shape index (κ1) is 29.8. The van der Waals surface area contributed by atoms with Gasteiger partial charge in [-0.05, 0) is 54.0 Å². The van der Waals surface area contributed by atoms with Gasteiger partial charge in [0.25, 0.3) is 0 Å². The van der Waals surface area contributed by atoms with Crippen LogP contribution in [0.15, 0.2) is 91.0 Å². The molecule has 2 aliphatic rings. The summed E-state index contributed by atoms with van der Waals surface area (Å²) in [7, 11) is 0. The first-order valence-electron chi connectivity index (χ1n) is 13.8. The summed E-state index contributed by atoms with van der Waals surface area (Å²) in [6.07, 6.45) is 4.40. The predicted octanol–water partition coefficient (Wildman–Crippen LogP) is 4.55. The van der Waals surface area contributed by atoms with Gasteiger partial charge in [-0.15, -0.1) is 0 Å². The molecule has 43 heavy (non-hydrogen) atoms. The topological polar surface area (TPSA) is 85.4 Å². The van der Waals surface area contributed by atoms with Crippen LogP contribution in [0.1, 0.15) is 28.4 Å². The van der Waals surface area contributed by atoms with Crippen molar-refractivity contribution in [3.05, 3.63) is 125 Å². The van der Waals surface area contributed by atoms with Gasteiger partial charge in [0.1, 0.15) is 24.3 Å². The van der Waals surface area contributed by atoms with E-state index in [1.807, 2.05) is 31.2 Å². The van der Waals surface area contributed by atoms with Crippen molar-refractivity contribution in [2.24, 2.45) is 0 Å². The van der Waals surface area contributed by atoms with Gasteiger partial charge >= 0.3 is 17.8 Å². The molecule has 0 unspecified atom stereocenters. The van der Waals surface area contributed by atoms with Crippen LogP contribution in [0.4, 0.5) is 8.78 Å². The lowest BCUT2D eigenvalue weighted by molar-refractivity contribution is -0.299. The SMILES string of the molecule is Cc1ccc(/C=C/C(=O)N2CCN(CCOC(c3ccc(F)cc3)c3ccc(F)cc3)C3(C2)OC(=O)C=CC(=O)O3)cc1. The fraction of sp³-hybridized carbons (Fsp3) is 0.242. The molecule has 0 saturated carbocycles. The average Bonchev–Trinajstić information content (AvgIpc) is 3.14. The van der Waals surface area contributed by atoms with Crippen LogP contribution in [-0.4, -0.2) is 66.3 Å². The Balaban J connectivity index is 1.33. The molecule has 2 aliphatic heterocycles. The molecule has 10 heteroatoms. The predicted molar refractivity (Wildman–Crippen MR) is 153 cm³/mol. The largest absolute Gasteiger partial charge is 0.403 e. The van der Waals surface area contributed by atoms with Gasteiger partial charge in [0.15, 0.2) is 0 Å². The van der Waals surface area contributed by atoms with Crippen molar-refractivity contribution in [2.45, 2.75) is 18.9 Å². The highest BCUT2D eigenvalue weighted by Crippen LogP contribution is 2.30. The maximum absolute atomic E-state index is 13.6. The van der Waals surface area contributed by atoms with Gasteiger partial charge in [0.2, 0.25) is 5.91 Å². The first-order valence-corrected chi connectivity index (χ1v) is 13.8. The smallest absolute Gasteiger partial charge is 0.339 e. The van der Waals surface area contributed by atoms with E-state index in [0.29, 0.717) is 11.1 Å². The highest BCUT2D eigenvalue weighted by Gasteiger charge is 2.50. The second-order valence-electron chi connectivity index (χ2n) is 10.2. The van der Waals surface area contributed by atoms with E-state index in [4.69, 9.17) is 14.2 Å². The summed E-state index contributed by atoms with van der Waals surface area (Å²) >= 11 is 0. The van der Waals surface area contributed by atoms with Gasteiger partial charge < -0.3 is 19.1 Å².